The Labute approximate surface area is 70.6 Å². The summed E-state index contributed by atoms with van der Waals surface area (Å²) in [5.74, 6) is 4.25. The quantitative estimate of drug-likeness (QED) is 0.552. The maximum absolute atomic E-state index is 10.3. The summed E-state index contributed by atoms with van der Waals surface area (Å²) < 4.78 is 0. The molecule has 0 unspecified atom stereocenters. The van der Waals surface area contributed by atoms with Gasteiger partial charge in [-0.1, -0.05) is 5.92 Å². The monoisotopic (exact) mass is 160 g/mol. The van der Waals surface area contributed by atoms with Crippen molar-refractivity contribution in [2.45, 2.75) is 6.92 Å². The molecule has 1 amide bonds. The van der Waals surface area contributed by atoms with Gasteiger partial charge in [-0.2, -0.15) is 0 Å². The number of carbonyl (C=O) groups excluding carboxylic acids is 1. The second kappa shape index (κ2) is 3.54. The molecule has 0 fully saturated rings. The zero-order valence-corrected chi connectivity index (χ0v) is 6.66. The highest BCUT2D eigenvalue weighted by molar-refractivity contribution is 5.92. The van der Waals surface area contributed by atoms with Gasteiger partial charge < -0.3 is 5.73 Å². The fourth-order valence-electron chi connectivity index (χ4n) is 0.745. The van der Waals surface area contributed by atoms with E-state index < -0.39 is 5.91 Å². The number of amides is 1. The standard InChI is InChI=1S/C9H8N2O/c1-7-8(3-2-6-11-7)4-5-9(10)12/h2-3,6H,1H3,(H2,10,12). The molecule has 0 radical (unpaired) electrons. The Hall–Kier alpha value is -1.82. The Bertz CT molecular complexity index is 360. The maximum Gasteiger partial charge on any atom is 0.293 e. The van der Waals surface area contributed by atoms with Crippen molar-refractivity contribution >= 4 is 5.91 Å². The van der Waals surface area contributed by atoms with Gasteiger partial charge in [-0.25, -0.2) is 0 Å². The number of nitrogens with zero attached hydrogens (tertiary/aromatic N) is 1. The highest BCUT2D eigenvalue weighted by atomic mass is 16.1. The molecule has 0 aromatic carbocycles. The maximum atomic E-state index is 10.3. The van der Waals surface area contributed by atoms with Crippen LogP contribution < -0.4 is 5.73 Å². The molecule has 0 saturated carbocycles. The summed E-state index contributed by atoms with van der Waals surface area (Å²) in [6, 6.07) is 3.55. The van der Waals surface area contributed by atoms with E-state index in [-0.39, 0.29) is 0 Å². The highest BCUT2D eigenvalue weighted by Gasteiger charge is 1.91. The fraction of sp³-hybridized carbons (Fsp3) is 0.111. The zero-order valence-electron chi connectivity index (χ0n) is 6.66. The van der Waals surface area contributed by atoms with Gasteiger partial charge >= 0.3 is 0 Å². The van der Waals surface area contributed by atoms with Gasteiger partial charge in [0.2, 0.25) is 0 Å². The lowest BCUT2D eigenvalue weighted by atomic mass is 10.2. The third kappa shape index (κ3) is 2.10. The number of aryl methyl sites for hydroxylation is 1. The number of aromatic nitrogens is 1. The molecule has 0 saturated heterocycles. The average Bonchev–Trinajstić information content (AvgIpc) is 2.03. The predicted molar refractivity (Wildman–Crippen MR) is 45.0 cm³/mol. The van der Waals surface area contributed by atoms with Crippen molar-refractivity contribution in [1.29, 1.82) is 0 Å². The van der Waals surface area contributed by atoms with E-state index in [1.807, 2.05) is 6.92 Å². The zero-order chi connectivity index (χ0) is 8.97. The Kier molecular flexibility index (Phi) is 2.44. The molecule has 3 nitrogen and oxygen atoms in total. The Morgan fingerprint density at radius 2 is 2.42 bits per heavy atom. The van der Waals surface area contributed by atoms with Gasteiger partial charge in [-0.05, 0) is 19.1 Å². The van der Waals surface area contributed by atoms with Crippen molar-refractivity contribution in [2.24, 2.45) is 5.73 Å². The van der Waals surface area contributed by atoms with Crippen LogP contribution in [0.1, 0.15) is 11.3 Å². The molecule has 1 aromatic heterocycles. The number of hydrogen-bond acceptors (Lipinski definition) is 2. The van der Waals surface area contributed by atoms with Crippen LogP contribution in [0.25, 0.3) is 0 Å². The summed E-state index contributed by atoms with van der Waals surface area (Å²) in [6.07, 6.45) is 1.67. The van der Waals surface area contributed by atoms with E-state index in [0.717, 1.165) is 11.3 Å². The number of nitrogens with two attached hydrogens (primary N) is 1. The van der Waals surface area contributed by atoms with E-state index in [4.69, 9.17) is 5.73 Å². The minimum absolute atomic E-state index is 0.627. The lowest BCUT2D eigenvalue weighted by Gasteiger charge is -1.92. The van der Waals surface area contributed by atoms with E-state index in [2.05, 4.69) is 16.8 Å². The summed E-state index contributed by atoms with van der Waals surface area (Å²) in [4.78, 5) is 14.3. The Balaban J connectivity index is 2.99. The summed E-state index contributed by atoms with van der Waals surface area (Å²) in [5.41, 5.74) is 6.39. The predicted octanol–water partition coefficient (Wildman–Crippen LogP) is 0.227. The fourth-order valence-corrected chi connectivity index (χ4v) is 0.745. The van der Waals surface area contributed by atoms with Crippen LogP contribution in [-0.4, -0.2) is 10.9 Å². The third-order valence-corrected chi connectivity index (χ3v) is 1.33. The number of primary amides is 1. The molecule has 0 bridgehead atoms. The van der Waals surface area contributed by atoms with Crippen molar-refractivity contribution in [1.82, 2.24) is 4.98 Å². The van der Waals surface area contributed by atoms with Crippen LogP contribution in [-0.2, 0) is 4.79 Å². The molecule has 0 aliphatic heterocycles. The van der Waals surface area contributed by atoms with E-state index in [1.165, 1.54) is 0 Å². The first-order valence-corrected chi connectivity index (χ1v) is 3.43. The van der Waals surface area contributed by atoms with Gasteiger partial charge in [0, 0.05) is 17.7 Å². The second-order valence-corrected chi connectivity index (χ2v) is 2.25. The van der Waals surface area contributed by atoms with Gasteiger partial charge in [0.1, 0.15) is 0 Å². The Morgan fingerprint density at radius 3 is 3.00 bits per heavy atom. The summed E-state index contributed by atoms with van der Waals surface area (Å²) in [5, 5.41) is 0. The minimum Gasteiger partial charge on any atom is -0.359 e. The van der Waals surface area contributed by atoms with Gasteiger partial charge in [-0.15, -0.1) is 0 Å². The highest BCUT2D eigenvalue weighted by Crippen LogP contribution is 1.99. The molecule has 1 rings (SSSR count). The first-order chi connectivity index (χ1) is 5.70. The van der Waals surface area contributed by atoms with Gasteiger partial charge in [0.05, 0.1) is 5.69 Å². The first-order valence-electron chi connectivity index (χ1n) is 3.43. The molecule has 3 heteroatoms. The summed E-state index contributed by atoms with van der Waals surface area (Å²) in [7, 11) is 0. The molecular weight excluding hydrogens is 152 g/mol. The van der Waals surface area contributed by atoms with E-state index >= 15 is 0 Å². The third-order valence-electron chi connectivity index (χ3n) is 1.33. The number of rotatable bonds is 0. The van der Waals surface area contributed by atoms with E-state index in [1.54, 1.807) is 18.3 Å². The smallest absolute Gasteiger partial charge is 0.293 e. The lowest BCUT2D eigenvalue weighted by molar-refractivity contribution is -0.112. The van der Waals surface area contributed by atoms with Crippen molar-refractivity contribution < 1.29 is 4.79 Å². The largest absolute Gasteiger partial charge is 0.359 e. The van der Waals surface area contributed by atoms with Gasteiger partial charge in [-0.3, -0.25) is 9.78 Å². The molecule has 1 aromatic rings. The van der Waals surface area contributed by atoms with Crippen molar-refractivity contribution in [3.63, 3.8) is 0 Å². The topological polar surface area (TPSA) is 56.0 Å². The summed E-state index contributed by atoms with van der Waals surface area (Å²) in [6.45, 7) is 1.82. The number of pyridine rings is 1. The Morgan fingerprint density at radius 1 is 1.67 bits per heavy atom. The first kappa shape index (κ1) is 8.28. The van der Waals surface area contributed by atoms with Crippen LogP contribution in [0, 0.1) is 18.8 Å². The SMILES string of the molecule is Cc1ncccc1C#CC(N)=O. The molecule has 60 valence electrons. The van der Waals surface area contributed by atoms with E-state index in [9.17, 15) is 4.79 Å². The molecule has 0 aliphatic carbocycles. The van der Waals surface area contributed by atoms with E-state index in [0.29, 0.717) is 0 Å². The van der Waals surface area contributed by atoms with Crippen LogP contribution in [0.15, 0.2) is 18.3 Å². The average molecular weight is 160 g/mol. The molecule has 0 spiro atoms. The van der Waals surface area contributed by atoms with Gasteiger partial charge in [0.25, 0.3) is 5.91 Å². The van der Waals surface area contributed by atoms with Crippen LogP contribution in [0.2, 0.25) is 0 Å². The van der Waals surface area contributed by atoms with Crippen molar-refractivity contribution in [2.75, 3.05) is 0 Å². The summed E-state index contributed by atoms with van der Waals surface area (Å²) >= 11 is 0. The van der Waals surface area contributed by atoms with Crippen LogP contribution in [0.4, 0.5) is 0 Å². The van der Waals surface area contributed by atoms with Crippen LogP contribution in [0.3, 0.4) is 0 Å². The lowest BCUT2D eigenvalue weighted by Crippen LogP contribution is -2.06. The normalized spacial score (nSPS) is 8.42. The van der Waals surface area contributed by atoms with Gasteiger partial charge in [0.15, 0.2) is 0 Å². The molecule has 12 heavy (non-hydrogen) atoms. The molecule has 2 N–H and O–H groups in total. The number of hydrogen-bond donors (Lipinski definition) is 1. The van der Waals surface area contributed by atoms with Crippen molar-refractivity contribution in [3.8, 4) is 11.8 Å². The van der Waals surface area contributed by atoms with Crippen LogP contribution >= 0.6 is 0 Å². The molecular formula is C9H8N2O. The minimum atomic E-state index is -0.627. The molecule has 0 aliphatic rings. The molecule has 1 heterocycles. The van der Waals surface area contributed by atoms with Crippen molar-refractivity contribution in [3.05, 3.63) is 29.6 Å². The van der Waals surface area contributed by atoms with Crippen LogP contribution in [0.5, 0.6) is 0 Å². The molecule has 0 atom stereocenters. The second-order valence-electron chi connectivity index (χ2n) is 2.25. The number of carbonyl (C=O) groups is 1.